The summed E-state index contributed by atoms with van der Waals surface area (Å²) < 4.78 is 18.3. The SMILES string of the molecule is O=C(Cc1nonc1C(=Nc1ccc(F)c(Br)c1)NO)CC1CCCC1. The van der Waals surface area contributed by atoms with Crippen LogP contribution in [0.4, 0.5) is 10.1 Å². The number of amidine groups is 1. The number of carbonyl (C=O) groups is 1. The molecule has 1 aromatic carbocycles. The molecular formula is C17H18BrFN4O3. The smallest absolute Gasteiger partial charge is 0.182 e. The van der Waals surface area contributed by atoms with Gasteiger partial charge in [-0.05, 0) is 45.2 Å². The first kappa shape index (κ1) is 18.7. The van der Waals surface area contributed by atoms with Crippen molar-refractivity contribution in [3.63, 3.8) is 0 Å². The van der Waals surface area contributed by atoms with Crippen LogP contribution in [0.5, 0.6) is 0 Å². The fourth-order valence-electron chi connectivity index (χ4n) is 3.11. The van der Waals surface area contributed by atoms with Crippen molar-refractivity contribution in [2.24, 2.45) is 10.9 Å². The number of nitrogens with zero attached hydrogens (tertiary/aromatic N) is 3. The molecule has 1 aromatic heterocycles. The molecular weight excluding hydrogens is 407 g/mol. The number of Topliss-reactive ketones (excluding diaryl/α,β-unsaturated/α-hetero) is 1. The Kier molecular flexibility index (Phi) is 6.10. The summed E-state index contributed by atoms with van der Waals surface area (Å²) in [5.74, 6) is 0.0272. The minimum Gasteiger partial charge on any atom is -0.299 e. The summed E-state index contributed by atoms with van der Waals surface area (Å²) in [5.41, 5.74) is 2.76. The van der Waals surface area contributed by atoms with Crippen molar-refractivity contribution in [2.75, 3.05) is 0 Å². The molecule has 0 saturated heterocycles. The highest BCUT2D eigenvalue weighted by Crippen LogP contribution is 2.28. The van der Waals surface area contributed by atoms with Crippen molar-refractivity contribution in [2.45, 2.75) is 38.5 Å². The van der Waals surface area contributed by atoms with Crippen LogP contribution in [0.25, 0.3) is 0 Å². The van der Waals surface area contributed by atoms with Gasteiger partial charge in [-0.2, -0.15) is 0 Å². The first-order valence-electron chi connectivity index (χ1n) is 8.34. The maximum absolute atomic E-state index is 13.3. The Morgan fingerprint density at radius 3 is 2.85 bits per heavy atom. The van der Waals surface area contributed by atoms with Gasteiger partial charge in [-0.3, -0.25) is 15.5 Å². The summed E-state index contributed by atoms with van der Waals surface area (Å²) in [6.07, 6.45) is 5.08. The molecule has 26 heavy (non-hydrogen) atoms. The first-order chi connectivity index (χ1) is 12.6. The highest BCUT2D eigenvalue weighted by molar-refractivity contribution is 9.10. The molecule has 0 bridgehead atoms. The Bertz CT molecular complexity index is 818. The number of hydroxylamine groups is 1. The molecule has 1 aliphatic rings. The fraction of sp³-hybridized carbons (Fsp3) is 0.412. The highest BCUT2D eigenvalue weighted by atomic mass is 79.9. The summed E-state index contributed by atoms with van der Waals surface area (Å²) in [5, 5.41) is 16.9. The molecule has 3 rings (SSSR count). The van der Waals surface area contributed by atoms with Gasteiger partial charge in [0.15, 0.2) is 11.5 Å². The Labute approximate surface area is 157 Å². The van der Waals surface area contributed by atoms with Crippen molar-refractivity contribution < 1.29 is 19.0 Å². The van der Waals surface area contributed by atoms with Gasteiger partial charge in [0.05, 0.1) is 16.6 Å². The van der Waals surface area contributed by atoms with Crippen molar-refractivity contribution in [1.29, 1.82) is 0 Å². The van der Waals surface area contributed by atoms with Crippen LogP contribution in [-0.2, 0) is 11.2 Å². The summed E-state index contributed by atoms with van der Waals surface area (Å²) >= 11 is 3.08. The van der Waals surface area contributed by atoms with Crippen molar-refractivity contribution >= 4 is 33.2 Å². The predicted molar refractivity (Wildman–Crippen MR) is 94.8 cm³/mol. The second-order valence-electron chi connectivity index (χ2n) is 6.30. The lowest BCUT2D eigenvalue weighted by Crippen LogP contribution is -2.23. The molecule has 9 heteroatoms. The van der Waals surface area contributed by atoms with Gasteiger partial charge in [-0.1, -0.05) is 30.8 Å². The summed E-state index contributed by atoms with van der Waals surface area (Å²) in [6, 6.07) is 4.13. The minimum atomic E-state index is -0.427. The molecule has 0 radical (unpaired) electrons. The number of halogens is 2. The molecule has 138 valence electrons. The Morgan fingerprint density at radius 2 is 2.15 bits per heavy atom. The predicted octanol–water partition coefficient (Wildman–Crippen LogP) is 3.72. The van der Waals surface area contributed by atoms with E-state index in [9.17, 15) is 14.4 Å². The normalized spacial score (nSPS) is 15.4. The average molecular weight is 425 g/mol. The summed E-state index contributed by atoms with van der Waals surface area (Å²) in [7, 11) is 0. The van der Waals surface area contributed by atoms with Gasteiger partial charge in [-0.25, -0.2) is 14.0 Å². The molecule has 1 heterocycles. The zero-order chi connectivity index (χ0) is 18.5. The fourth-order valence-corrected chi connectivity index (χ4v) is 3.48. The van der Waals surface area contributed by atoms with Gasteiger partial charge >= 0.3 is 0 Å². The van der Waals surface area contributed by atoms with Crippen LogP contribution in [0.15, 0.2) is 32.3 Å². The van der Waals surface area contributed by atoms with E-state index >= 15 is 0 Å². The van der Waals surface area contributed by atoms with Gasteiger partial charge in [0.25, 0.3) is 0 Å². The van der Waals surface area contributed by atoms with Crippen molar-refractivity contribution in [1.82, 2.24) is 15.8 Å². The van der Waals surface area contributed by atoms with Crippen LogP contribution >= 0.6 is 15.9 Å². The number of ketones is 1. The van der Waals surface area contributed by atoms with Crippen molar-refractivity contribution in [3.8, 4) is 0 Å². The largest absolute Gasteiger partial charge is 0.299 e. The summed E-state index contributed by atoms with van der Waals surface area (Å²) in [4.78, 5) is 16.5. The van der Waals surface area contributed by atoms with E-state index < -0.39 is 5.82 Å². The highest BCUT2D eigenvalue weighted by Gasteiger charge is 2.23. The maximum atomic E-state index is 13.3. The molecule has 0 unspecified atom stereocenters. The van der Waals surface area contributed by atoms with E-state index in [0.29, 0.717) is 23.7 Å². The molecule has 2 aromatic rings. The molecule has 0 atom stereocenters. The molecule has 1 fully saturated rings. The number of rotatable bonds is 6. The second-order valence-corrected chi connectivity index (χ2v) is 7.15. The molecule has 1 aliphatic carbocycles. The molecule has 1 saturated carbocycles. The Morgan fingerprint density at radius 1 is 1.38 bits per heavy atom. The third kappa shape index (κ3) is 4.53. The lowest BCUT2D eigenvalue weighted by Gasteiger charge is -2.07. The van der Waals surface area contributed by atoms with E-state index in [1.54, 1.807) is 0 Å². The summed E-state index contributed by atoms with van der Waals surface area (Å²) in [6.45, 7) is 0. The van der Waals surface area contributed by atoms with Crippen LogP contribution in [0.3, 0.4) is 0 Å². The van der Waals surface area contributed by atoms with Crippen LogP contribution < -0.4 is 5.48 Å². The van der Waals surface area contributed by atoms with E-state index in [1.807, 2.05) is 5.48 Å². The molecule has 0 aliphatic heterocycles. The van der Waals surface area contributed by atoms with Gasteiger partial charge in [0, 0.05) is 6.42 Å². The number of nitrogens with one attached hydrogen (secondary N) is 1. The number of hydrogen-bond donors (Lipinski definition) is 2. The number of benzene rings is 1. The van der Waals surface area contributed by atoms with E-state index in [-0.39, 0.29) is 28.2 Å². The number of hydrogen-bond acceptors (Lipinski definition) is 6. The number of aromatic nitrogens is 2. The van der Waals surface area contributed by atoms with Gasteiger partial charge in [-0.15, -0.1) is 0 Å². The third-order valence-corrected chi connectivity index (χ3v) is 4.99. The topological polar surface area (TPSA) is 101 Å². The number of carbonyl (C=O) groups excluding carboxylic acids is 1. The maximum Gasteiger partial charge on any atom is 0.182 e. The van der Waals surface area contributed by atoms with Crippen LogP contribution in [0.2, 0.25) is 0 Å². The molecule has 0 amide bonds. The first-order valence-corrected chi connectivity index (χ1v) is 9.13. The lowest BCUT2D eigenvalue weighted by molar-refractivity contribution is -0.119. The molecule has 2 N–H and O–H groups in total. The van der Waals surface area contributed by atoms with E-state index in [0.717, 1.165) is 12.8 Å². The molecule has 7 nitrogen and oxygen atoms in total. The van der Waals surface area contributed by atoms with E-state index in [2.05, 4.69) is 31.2 Å². The van der Waals surface area contributed by atoms with E-state index in [1.165, 1.54) is 31.0 Å². The zero-order valence-corrected chi connectivity index (χ0v) is 15.5. The Balaban J connectivity index is 1.77. The van der Waals surface area contributed by atoms with E-state index in [4.69, 9.17) is 4.63 Å². The monoisotopic (exact) mass is 424 g/mol. The van der Waals surface area contributed by atoms with Crippen LogP contribution in [0.1, 0.15) is 43.5 Å². The quantitative estimate of drug-likeness (QED) is 0.416. The van der Waals surface area contributed by atoms with Gasteiger partial charge in [0.1, 0.15) is 17.3 Å². The standard InChI is InChI=1S/C17H18BrFN4O3/c18-13-8-11(5-6-14(13)19)20-17(21-25)16-15(22-26-23-16)9-12(24)7-10-3-1-2-4-10/h5-6,8,10,25H,1-4,7,9H2,(H,20,21). The zero-order valence-electron chi connectivity index (χ0n) is 13.9. The lowest BCUT2D eigenvalue weighted by atomic mass is 9.98. The van der Waals surface area contributed by atoms with Crippen LogP contribution in [-0.4, -0.2) is 27.1 Å². The van der Waals surface area contributed by atoms with Crippen LogP contribution in [0, 0.1) is 11.7 Å². The Hall–Kier alpha value is -2.13. The van der Waals surface area contributed by atoms with Gasteiger partial charge in [0.2, 0.25) is 0 Å². The number of aliphatic imine (C=N–C) groups is 1. The van der Waals surface area contributed by atoms with Crippen molar-refractivity contribution in [3.05, 3.63) is 39.9 Å². The average Bonchev–Trinajstić information content (AvgIpc) is 3.28. The second kappa shape index (κ2) is 8.50. The third-order valence-electron chi connectivity index (χ3n) is 4.39. The minimum absolute atomic E-state index is 0.0339. The molecule has 0 spiro atoms. The van der Waals surface area contributed by atoms with Gasteiger partial charge < -0.3 is 0 Å².